The highest BCUT2D eigenvalue weighted by molar-refractivity contribution is 5.97. The molecule has 4 heteroatoms. The lowest BCUT2D eigenvalue weighted by molar-refractivity contribution is 0.0909. The number of benzene rings is 1. The van der Waals surface area contributed by atoms with Crippen molar-refractivity contribution in [1.29, 1.82) is 0 Å². The maximum atomic E-state index is 12.6. The summed E-state index contributed by atoms with van der Waals surface area (Å²) in [6.45, 7) is 3.27. The number of nitrogens with one attached hydrogen (secondary N) is 2. The normalized spacial score (nSPS) is 24.2. The molecule has 3 nitrogen and oxygen atoms in total. The van der Waals surface area contributed by atoms with Gasteiger partial charge in [-0.3, -0.25) is 4.79 Å². The van der Waals surface area contributed by atoms with E-state index < -0.39 is 0 Å². The van der Waals surface area contributed by atoms with E-state index in [1.807, 2.05) is 12.1 Å². The Bertz CT molecular complexity index is 504. The molecule has 1 amide bonds. The molecule has 2 N–H and O–H groups in total. The average molecular weight is 309 g/mol. The largest absolute Gasteiger partial charge is 0.385 e. The minimum atomic E-state index is 0. The topological polar surface area (TPSA) is 41.1 Å². The van der Waals surface area contributed by atoms with Crippen LogP contribution < -0.4 is 10.6 Å². The van der Waals surface area contributed by atoms with Gasteiger partial charge in [-0.1, -0.05) is 25.8 Å². The van der Waals surface area contributed by atoms with Crippen molar-refractivity contribution < 1.29 is 4.79 Å². The molecule has 0 spiro atoms. The van der Waals surface area contributed by atoms with Crippen LogP contribution in [0.3, 0.4) is 0 Å². The molecular formula is C17H25ClN2O. The maximum Gasteiger partial charge on any atom is 0.251 e. The van der Waals surface area contributed by atoms with E-state index in [0.29, 0.717) is 12.0 Å². The van der Waals surface area contributed by atoms with Crippen LogP contribution in [0, 0.1) is 5.92 Å². The third-order valence-electron chi connectivity index (χ3n) is 4.77. The number of rotatable bonds is 2. The van der Waals surface area contributed by atoms with Crippen LogP contribution in [-0.4, -0.2) is 18.5 Å². The van der Waals surface area contributed by atoms with E-state index in [2.05, 4.69) is 23.6 Å². The number of halogens is 1. The van der Waals surface area contributed by atoms with Gasteiger partial charge >= 0.3 is 0 Å². The van der Waals surface area contributed by atoms with Crippen molar-refractivity contribution >= 4 is 24.0 Å². The van der Waals surface area contributed by atoms with E-state index in [1.54, 1.807) is 0 Å². The van der Waals surface area contributed by atoms with Crippen LogP contribution in [-0.2, 0) is 6.42 Å². The lowest BCUT2D eigenvalue weighted by atomic mass is 9.85. The van der Waals surface area contributed by atoms with Gasteiger partial charge in [0.05, 0.1) is 0 Å². The Morgan fingerprint density at radius 2 is 2.05 bits per heavy atom. The summed E-state index contributed by atoms with van der Waals surface area (Å²) >= 11 is 0. The van der Waals surface area contributed by atoms with Crippen LogP contribution >= 0.6 is 12.4 Å². The van der Waals surface area contributed by atoms with Crippen LogP contribution in [0.25, 0.3) is 0 Å². The van der Waals surface area contributed by atoms with Crippen molar-refractivity contribution in [2.75, 3.05) is 11.9 Å². The highest BCUT2D eigenvalue weighted by Crippen LogP contribution is 2.27. The Balaban J connectivity index is 0.00000161. The van der Waals surface area contributed by atoms with Gasteiger partial charge in [0.15, 0.2) is 0 Å². The lowest BCUT2D eigenvalue weighted by Gasteiger charge is -2.30. The van der Waals surface area contributed by atoms with Gasteiger partial charge in [-0.05, 0) is 49.3 Å². The number of hydrogen-bond acceptors (Lipinski definition) is 2. The van der Waals surface area contributed by atoms with Gasteiger partial charge in [0.1, 0.15) is 0 Å². The summed E-state index contributed by atoms with van der Waals surface area (Å²) in [4.78, 5) is 12.6. The molecule has 1 heterocycles. The van der Waals surface area contributed by atoms with Gasteiger partial charge in [0.2, 0.25) is 0 Å². The second kappa shape index (κ2) is 7.17. The highest BCUT2D eigenvalue weighted by Gasteiger charge is 2.25. The van der Waals surface area contributed by atoms with Crippen LogP contribution in [0.15, 0.2) is 18.2 Å². The molecule has 2 atom stereocenters. The molecule has 2 unspecified atom stereocenters. The summed E-state index contributed by atoms with van der Waals surface area (Å²) in [7, 11) is 0. The van der Waals surface area contributed by atoms with Gasteiger partial charge in [-0.15, -0.1) is 12.4 Å². The smallest absolute Gasteiger partial charge is 0.251 e. The molecule has 0 aromatic heterocycles. The number of hydrogen-bond donors (Lipinski definition) is 2. The van der Waals surface area contributed by atoms with E-state index in [-0.39, 0.29) is 18.3 Å². The van der Waals surface area contributed by atoms with Crippen LogP contribution in [0.1, 0.15) is 54.9 Å². The fourth-order valence-corrected chi connectivity index (χ4v) is 3.50. The van der Waals surface area contributed by atoms with Gasteiger partial charge in [-0.2, -0.15) is 0 Å². The van der Waals surface area contributed by atoms with Gasteiger partial charge < -0.3 is 10.6 Å². The Kier molecular flexibility index (Phi) is 5.51. The molecule has 0 radical (unpaired) electrons. The third-order valence-corrected chi connectivity index (χ3v) is 4.77. The molecule has 1 fully saturated rings. The molecule has 21 heavy (non-hydrogen) atoms. The monoisotopic (exact) mass is 308 g/mol. The zero-order chi connectivity index (χ0) is 13.9. The lowest BCUT2D eigenvalue weighted by Crippen LogP contribution is -2.41. The molecule has 0 bridgehead atoms. The number of fused-ring (bicyclic) bond motifs is 1. The molecule has 2 aliphatic rings. The van der Waals surface area contributed by atoms with Crippen molar-refractivity contribution in [2.45, 2.75) is 51.5 Å². The fraction of sp³-hybridized carbons (Fsp3) is 0.588. The first-order valence-electron chi connectivity index (χ1n) is 7.92. The van der Waals surface area contributed by atoms with E-state index in [1.165, 1.54) is 24.8 Å². The number of amides is 1. The summed E-state index contributed by atoms with van der Waals surface area (Å²) < 4.78 is 0. The van der Waals surface area contributed by atoms with Gasteiger partial charge in [0.25, 0.3) is 5.91 Å². The van der Waals surface area contributed by atoms with Crippen molar-refractivity contribution in [3.8, 4) is 0 Å². The molecular weight excluding hydrogens is 284 g/mol. The zero-order valence-corrected chi connectivity index (χ0v) is 13.5. The minimum absolute atomic E-state index is 0. The molecule has 3 rings (SSSR count). The Morgan fingerprint density at radius 1 is 1.24 bits per heavy atom. The van der Waals surface area contributed by atoms with Gasteiger partial charge in [0, 0.05) is 23.8 Å². The summed E-state index contributed by atoms with van der Waals surface area (Å²) in [6, 6.07) is 6.38. The quantitative estimate of drug-likeness (QED) is 0.873. The predicted molar refractivity (Wildman–Crippen MR) is 89.4 cm³/mol. The summed E-state index contributed by atoms with van der Waals surface area (Å²) in [5, 5.41) is 6.66. The number of carbonyl (C=O) groups is 1. The van der Waals surface area contributed by atoms with Crippen molar-refractivity contribution in [3.05, 3.63) is 29.3 Å². The Labute approximate surface area is 133 Å². The Hall–Kier alpha value is -1.22. The third kappa shape index (κ3) is 3.52. The maximum absolute atomic E-state index is 12.6. The molecule has 0 saturated heterocycles. The van der Waals surface area contributed by atoms with Crippen LogP contribution in [0.4, 0.5) is 5.69 Å². The van der Waals surface area contributed by atoms with E-state index >= 15 is 0 Å². The summed E-state index contributed by atoms with van der Waals surface area (Å²) in [5.74, 6) is 0.717. The first-order valence-corrected chi connectivity index (χ1v) is 7.92. The first kappa shape index (κ1) is 16.2. The van der Waals surface area contributed by atoms with Crippen LogP contribution in [0.2, 0.25) is 0 Å². The van der Waals surface area contributed by atoms with Crippen LogP contribution in [0.5, 0.6) is 0 Å². The molecule has 1 saturated carbocycles. The van der Waals surface area contributed by atoms with Crippen molar-refractivity contribution in [1.82, 2.24) is 5.32 Å². The summed E-state index contributed by atoms with van der Waals surface area (Å²) in [5.41, 5.74) is 3.20. The molecule has 116 valence electrons. The average Bonchev–Trinajstić information content (AvgIpc) is 2.49. The molecule has 1 aromatic rings. The van der Waals surface area contributed by atoms with Crippen molar-refractivity contribution in [2.24, 2.45) is 5.92 Å². The standard InChI is InChI=1S/C17H24N2O.ClH/c1-12-6-2-3-9-15(12)19-17(20)14-7-4-10-16-13(14)8-5-11-18-16;/h4,7,10,12,15,18H,2-3,5-6,8-9,11H2,1H3,(H,19,20);1H. The van der Waals surface area contributed by atoms with E-state index in [4.69, 9.17) is 0 Å². The fourth-order valence-electron chi connectivity index (χ4n) is 3.50. The highest BCUT2D eigenvalue weighted by atomic mass is 35.5. The van der Waals surface area contributed by atoms with E-state index in [9.17, 15) is 4.79 Å². The molecule has 1 aliphatic heterocycles. The minimum Gasteiger partial charge on any atom is -0.385 e. The van der Waals surface area contributed by atoms with Gasteiger partial charge in [-0.25, -0.2) is 0 Å². The molecule has 1 aromatic carbocycles. The second-order valence-corrected chi connectivity index (χ2v) is 6.20. The number of carbonyl (C=O) groups excluding carboxylic acids is 1. The van der Waals surface area contributed by atoms with Crippen molar-refractivity contribution in [3.63, 3.8) is 0 Å². The summed E-state index contributed by atoms with van der Waals surface area (Å²) in [6.07, 6.45) is 7.02. The predicted octanol–water partition coefficient (Wildman–Crippen LogP) is 3.78. The second-order valence-electron chi connectivity index (χ2n) is 6.20. The zero-order valence-electron chi connectivity index (χ0n) is 12.7. The first-order chi connectivity index (χ1) is 9.75. The SMILES string of the molecule is CC1CCCCC1NC(=O)c1cccc2c1CCCN2.Cl. The van der Waals surface area contributed by atoms with E-state index in [0.717, 1.165) is 37.1 Å². The molecule has 1 aliphatic carbocycles. The number of anilines is 1. The Morgan fingerprint density at radius 3 is 2.86 bits per heavy atom.